The molecule has 4 heteroatoms. The minimum atomic E-state index is 0.175. The van der Waals surface area contributed by atoms with Crippen LogP contribution >= 0.6 is 27.3 Å². The van der Waals surface area contributed by atoms with Gasteiger partial charge in [0.25, 0.3) is 0 Å². The molecule has 2 rings (SSSR count). The van der Waals surface area contributed by atoms with Crippen LogP contribution in [-0.4, -0.2) is 0 Å². The van der Waals surface area contributed by atoms with Crippen molar-refractivity contribution in [3.05, 3.63) is 56.2 Å². The number of halogens is 1. The fourth-order valence-corrected chi connectivity index (χ4v) is 3.22. The van der Waals surface area contributed by atoms with Crippen LogP contribution in [0.3, 0.4) is 0 Å². The van der Waals surface area contributed by atoms with Crippen molar-refractivity contribution in [2.75, 3.05) is 0 Å². The van der Waals surface area contributed by atoms with Crippen LogP contribution in [0.5, 0.6) is 0 Å². The zero-order valence-electron chi connectivity index (χ0n) is 9.61. The predicted molar refractivity (Wildman–Crippen MR) is 77.0 cm³/mol. The highest BCUT2D eigenvalue weighted by Crippen LogP contribution is 2.27. The van der Waals surface area contributed by atoms with E-state index in [1.807, 2.05) is 0 Å². The number of hydrazine groups is 1. The minimum Gasteiger partial charge on any atom is -0.271 e. The van der Waals surface area contributed by atoms with E-state index in [4.69, 9.17) is 5.84 Å². The number of thiophene rings is 1. The molecule has 3 N–H and O–H groups in total. The molecule has 0 saturated heterocycles. The quantitative estimate of drug-likeness (QED) is 0.669. The van der Waals surface area contributed by atoms with Crippen molar-refractivity contribution in [1.82, 2.24) is 5.43 Å². The third-order valence-electron chi connectivity index (χ3n) is 2.69. The van der Waals surface area contributed by atoms with Crippen LogP contribution in [0.2, 0.25) is 0 Å². The van der Waals surface area contributed by atoms with E-state index < -0.39 is 0 Å². The van der Waals surface area contributed by atoms with E-state index in [0.29, 0.717) is 0 Å². The van der Waals surface area contributed by atoms with E-state index in [9.17, 15) is 0 Å². The van der Waals surface area contributed by atoms with Gasteiger partial charge in [0.2, 0.25) is 0 Å². The van der Waals surface area contributed by atoms with Crippen molar-refractivity contribution in [3.63, 3.8) is 0 Å². The number of hydrogen-bond donors (Lipinski definition) is 2. The lowest BCUT2D eigenvalue weighted by molar-refractivity contribution is 0.560. The van der Waals surface area contributed by atoms with E-state index in [1.54, 1.807) is 11.3 Å². The molecule has 0 amide bonds. The number of benzene rings is 1. The van der Waals surface area contributed by atoms with Crippen molar-refractivity contribution in [1.29, 1.82) is 0 Å². The van der Waals surface area contributed by atoms with Crippen LogP contribution in [0.4, 0.5) is 0 Å². The molecule has 0 aliphatic heterocycles. The first-order valence-corrected chi connectivity index (χ1v) is 7.12. The molecule has 17 heavy (non-hydrogen) atoms. The third kappa shape index (κ3) is 3.39. The van der Waals surface area contributed by atoms with E-state index >= 15 is 0 Å². The summed E-state index contributed by atoms with van der Waals surface area (Å²) in [4.78, 5) is 1.25. The van der Waals surface area contributed by atoms with Gasteiger partial charge in [0, 0.05) is 14.7 Å². The molecule has 90 valence electrons. The summed E-state index contributed by atoms with van der Waals surface area (Å²) in [5, 5.41) is 2.08. The average molecular weight is 311 g/mol. The van der Waals surface area contributed by atoms with Gasteiger partial charge in [0.1, 0.15) is 0 Å². The lowest BCUT2D eigenvalue weighted by Crippen LogP contribution is -2.28. The zero-order valence-corrected chi connectivity index (χ0v) is 12.0. The standard InChI is InChI=1S/C13H15BrN2S/c1-9-2-4-10(5-3-9)6-12(16-15)13-7-11(14)8-17-13/h2-5,7-8,12,16H,6,15H2,1H3. The zero-order chi connectivity index (χ0) is 12.3. The molecule has 2 nitrogen and oxygen atoms in total. The number of hydrogen-bond acceptors (Lipinski definition) is 3. The van der Waals surface area contributed by atoms with Gasteiger partial charge in [-0.05, 0) is 40.9 Å². The second-order valence-electron chi connectivity index (χ2n) is 4.08. The van der Waals surface area contributed by atoms with Gasteiger partial charge in [-0.1, -0.05) is 29.8 Å². The van der Waals surface area contributed by atoms with E-state index in [2.05, 4.69) is 64.0 Å². The first-order chi connectivity index (χ1) is 8.19. The molecule has 0 aliphatic rings. The highest BCUT2D eigenvalue weighted by Gasteiger charge is 2.12. The summed E-state index contributed by atoms with van der Waals surface area (Å²) in [5.74, 6) is 5.63. The summed E-state index contributed by atoms with van der Waals surface area (Å²) < 4.78 is 1.11. The summed E-state index contributed by atoms with van der Waals surface area (Å²) in [6, 6.07) is 10.9. The number of nitrogens with two attached hydrogens (primary N) is 1. The Morgan fingerprint density at radius 3 is 2.59 bits per heavy atom. The Bertz CT molecular complexity index is 478. The molecule has 0 bridgehead atoms. The maximum Gasteiger partial charge on any atom is 0.0593 e. The SMILES string of the molecule is Cc1ccc(CC(NN)c2cc(Br)cs2)cc1. The number of aryl methyl sites for hydroxylation is 1. The predicted octanol–water partition coefficient (Wildman–Crippen LogP) is 3.57. The van der Waals surface area contributed by atoms with Gasteiger partial charge in [-0.3, -0.25) is 11.3 Å². The Kier molecular flexibility index (Phi) is 4.34. The van der Waals surface area contributed by atoms with E-state index in [1.165, 1.54) is 16.0 Å². The third-order valence-corrected chi connectivity index (χ3v) is 4.50. The molecular weight excluding hydrogens is 296 g/mol. The minimum absolute atomic E-state index is 0.175. The smallest absolute Gasteiger partial charge is 0.0593 e. The number of nitrogens with one attached hydrogen (secondary N) is 1. The fraction of sp³-hybridized carbons (Fsp3) is 0.231. The van der Waals surface area contributed by atoms with Gasteiger partial charge in [-0.25, -0.2) is 0 Å². The molecule has 1 unspecified atom stereocenters. The molecule has 0 spiro atoms. The summed E-state index contributed by atoms with van der Waals surface area (Å²) in [6.07, 6.45) is 0.906. The molecule has 0 aliphatic carbocycles. The fourth-order valence-electron chi connectivity index (χ4n) is 1.71. The van der Waals surface area contributed by atoms with Gasteiger partial charge in [-0.2, -0.15) is 0 Å². The van der Waals surface area contributed by atoms with Crippen molar-refractivity contribution < 1.29 is 0 Å². The summed E-state index contributed by atoms with van der Waals surface area (Å²) in [5.41, 5.74) is 5.46. The van der Waals surface area contributed by atoms with E-state index in [0.717, 1.165) is 10.9 Å². The molecule has 1 heterocycles. The Hall–Kier alpha value is -0.680. The van der Waals surface area contributed by atoms with E-state index in [-0.39, 0.29) is 6.04 Å². The largest absolute Gasteiger partial charge is 0.271 e. The van der Waals surface area contributed by atoms with Crippen molar-refractivity contribution in [2.45, 2.75) is 19.4 Å². The summed E-state index contributed by atoms with van der Waals surface area (Å²) in [7, 11) is 0. The van der Waals surface area contributed by atoms with Crippen LogP contribution in [0.25, 0.3) is 0 Å². The van der Waals surface area contributed by atoms with Crippen molar-refractivity contribution >= 4 is 27.3 Å². The van der Waals surface area contributed by atoms with Gasteiger partial charge < -0.3 is 0 Å². The van der Waals surface area contributed by atoms with Crippen LogP contribution in [0.1, 0.15) is 22.0 Å². The van der Waals surface area contributed by atoms with Crippen LogP contribution in [-0.2, 0) is 6.42 Å². The average Bonchev–Trinajstić information content (AvgIpc) is 2.75. The van der Waals surface area contributed by atoms with Gasteiger partial charge in [0.15, 0.2) is 0 Å². The Balaban J connectivity index is 2.12. The highest BCUT2D eigenvalue weighted by atomic mass is 79.9. The van der Waals surface area contributed by atoms with Crippen LogP contribution < -0.4 is 11.3 Å². The summed E-state index contributed by atoms with van der Waals surface area (Å²) in [6.45, 7) is 2.10. The van der Waals surface area contributed by atoms with Crippen LogP contribution in [0, 0.1) is 6.92 Å². The molecule has 1 atom stereocenters. The molecule has 0 radical (unpaired) electrons. The van der Waals surface area contributed by atoms with Gasteiger partial charge in [0.05, 0.1) is 6.04 Å². The normalized spacial score (nSPS) is 12.6. The Labute approximate surface area is 114 Å². The van der Waals surface area contributed by atoms with Gasteiger partial charge >= 0.3 is 0 Å². The first-order valence-electron chi connectivity index (χ1n) is 5.44. The Morgan fingerprint density at radius 2 is 2.06 bits per heavy atom. The monoisotopic (exact) mass is 310 g/mol. The highest BCUT2D eigenvalue weighted by molar-refractivity contribution is 9.10. The summed E-state index contributed by atoms with van der Waals surface area (Å²) >= 11 is 5.18. The topological polar surface area (TPSA) is 38.0 Å². The maximum absolute atomic E-state index is 5.63. The lowest BCUT2D eigenvalue weighted by Gasteiger charge is -2.14. The second-order valence-corrected chi connectivity index (χ2v) is 5.93. The number of rotatable bonds is 4. The molecule has 0 fully saturated rings. The molecular formula is C13H15BrN2S. The molecule has 1 aromatic heterocycles. The molecule has 0 saturated carbocycles. The van der Waals surface area contributed by atoms with Crippen molar-refractivity contribution in [3.8, 4) is 0 Å². The maximum atomic E-state index is 5.63. The van der Waals surface area contributed by atoms with Crippen LogP contribution in [0.15, 0.2) is 40.2 Å². The van der Waals surface area contributed by atoms with Crippen molar-refractivity contribution in [2.24, 2.45) is 5.84 Å². The molecule has 1 aromatic carbocycles. The first kappa shape index (κ1) is 12.8. The van der Waals surface area contributed by atoms with Gasteiger partial charge in [-0.15, -0.1) is 11.3 Å². The Morgan fingerprint density at radius 1 is 1.35 bits per heavy atom. The lowest BCUT2D eigenvalue weighted by atomic mass is 10.0. The second kappa shape index (κ2) is 5.78. The molecule has 2 aromatic rings.